The quantitative estimate of drug-likeness (QED) is 0.829. The zero-order chi connectivity index (χ0) is 16.2. The van der Waals surface area contributed by atoms with Gasteiger partial charge in [-0.05, 0) is 12.1 Å². The van der Waals surface area contributed by atoms with Gasteiger partial charge in [0.1, 0.15) is 11.5 Å². The van der Waals surface area contributed by atoms with Crippen molar-refractivity contribution in [3.8, 4) is 0 Å². The lowest BCUT2D eigenvalue weighted by Crippen LogP contribution is -2.39. The molecule has 0 aliphatic rings. The van der Waals surface area contributed by atoms with Crippen molar-refractivity contribution in [2.45, 2.75) is 6.18 Å². The molecule has 0 atom stereocenters. The van der Waals surface area contributed by atoms with E-state index >= 15 is 0 Å². The summed E-state index contributed by atoms with van der Waals surface area (Å²) in [5.41, 5.74) is 0.687. The zero-order valence-corrected chi connectivity index (χ0v) is 11.9. The molecule has 0 radical (unpaired) electrons. The number of fused-ring (bicyclic) bond motifs is 1. The Kier molecular flexibility index (Phi) is 4.86. The lowest BCUT2D eigenvalue weighted by molar-refractivity contribution is -0.124. The Morgan fingerprint density at radius 2 is 2.18 bits per heavy atom. The Morgan fingerprint density at radius 1 is 1.41 bits per heavy atom. The molecule has 0 saturated heterocycles. The van der Waals surface area contributed by atoms with E-state index in [2.05, 4.69) is 15.6 Å². The molecule has 120 valence electrons. The lowest BCUT2D eigenvalue weighted by Gasteiger charge is -2.18. The minimum absolute atomic E-state index is 0.0522. The van der Waals surface area contributed by atoms with E-state index in [1.807, 2.05) is 6.07 Å². The van der Waals surface area contributed by atoms with Gasteiger partial charge in [-0.1, -0.05) is 6.07 Å². The number of alkyl halides is 3. The van der Waals surface area contributed by atoms with Crippen molar-refractivity contribution in [3.05, 3.63) is 30.6 Å². The number of nitrogens with one attached hydrogen (secondary N) is 2. The van der Waals surface area contributed by atoms with Crippen LogP contribution in [0.5, 0.6) is 0 Å². The molecule has 2 amide bonds. The molecule has 6 nitrogen and oxygen atoms in total. The highest BCUT2D eigenvalue weighted by Crippen LogP contribution is 2.12. The molecule has 0 aromatic carbocycles. The predicted molar refractivity (Wildman–Crippen MR) is 75.8 cm³/mol. The van der Waals surface area contributed by atoms with Gasteiger partial charge in [0.05, 0.1) is 12.7 Å². The largest absolute Gasteiger partial charge is 0.401 e. The SMILES string of the molecule is CN(CCNCC(F)(F)F)C(=O)Nc1cnc2ccccn12. The molecule has 0 aliphatic heterocycles. The fraction of sp³-hybridized carbons (Fsp3) is 0.385. The van der Waals surface area contributed by atoms with Gasteiger partial charge in [0.25, 0.3) is 0 Å². The molecule has 0 bridgehead atoms. The van der Waals surface area contributed by atoms with Gasteiger partial charge >= 0.3 is 12.2 Å². The first-order chi connectivity index (χ1) is 10.4. The minimum Gasteiger partial charge on any atom is -0.326 e. The number of nitrogens with zero attached hydrogens (tertiary/aromatic N) is 3. The summed E-state index contributed by atoms with van der Waals surface area (Å²) in [5.74, 6) is 0.496. The molecule has 22 heavy (non-hydrogen) atoms. The maximum absolute atomic E-state index is 12.0. The summed E-state index contributed by atoms with van der Waals surface area (Å²) in [6, 6.07) is 5.00. The molecule has 2 rings (SSSR count). The van der Waals surface area contributed by atoms with E-state index in [1.54, 1.807) is 22.7 Å². The molecule has 2 heterocycles. The van der Waals surface area contributed by atoms with Crippen LogP contribution in [-0.4, -0.2) is 53.2 Å². The summed E-state index contributed by atoms with van der Waals surface area (Å²) in [5, 5.41) is 4.89. The number of hydrogen-bond donors (Lipinski definition) is 2. The van der Waals surface area contributed by atoms with Crippen molar-refractivity contribution in [1.82, 2.24) is 19.6 Å². The van der Waals surface area contributed by atoms with E-state index in [0.29, 0.717) is 11.5 Å². The molecular formula is C13H16F3N5O. The molecule has 0 spiro atoms. The third-order valence-electron chi connectivity index (χ3n) is 2.95. The summed E-state index contributed by atoms with van der Waals surface area (Å²) in [7, 11) is 1.51. The van der Waals surface area contributed by atoms with Crippen LogP contribution in [0.15, 0.2) is 30.6 Å². The van der Waals surface area contributed by atoms with E-state index in [1.165, 1.54) is 18.1 Å². The number of urea groups is 1. The van der Waals surface area contributed by atoms with Gasteiger partial charge in [-0.2, -0.15) is 13.2 Å². The number of carbonyl (C=O) groups excluding carboxylic acids is 1. The molecule has 0 aliphatic carbocycles. The van der Waals surface area contributed by atoms with Crippen LogP contribution in [0.4, 0.5) is 23.8 Å². The molecule has 2 N–H and O–H groups in total. The first-order valence-corrected chi connectivity index (χ1v) is 6.58. The van der Waals surface area contributed by atoms with Crippen LogP contribution >= 0.6 is 0 Å². The van der Waals surface area contributed by atoms with Crippen molar-refractivity contribution < 1.29 is 18.0 Å². The average Bonchev–Trinajstić information content (AvgIpc) is 2.86. The monoisotopic (exact) mass is 315 g/mol. The number of amides is 2. The Hall–Kier alpha value is -2.29. The molecule has 2 aromatic heterocycles. The highest BCUT2D eigenvalue weighted by Gasteiger charge is 2.26. The predicted octanol–water partition coefficient (Wildman–Crippen LogP) is 1.95. The van der Waals surface area contributed by atoms with Gasteiger partial charge in [-0.15, -0.1) is 0 Å². The van der Waals surface area contributed by atoms with Crippen LogP contribution in [0, 0.1) is 0 Å². The number of rotatable bonds is 5. The Balaban J connectivity index is 1.84. The van der Waals surface area contributed by atoms with Crippen LogP contribution in [0.3, 0.4) is 0 Å². The highest BCUT2D eigenvalue weighted by molar-refractivity contribution is 5.88. The number of anilines is 1. The van der Waals surface area contributed by atoms with Gasteiger partial charge in [-0.3, -0.25) is 9.72 Å². The number of imidazole rings is 1. The van der Waals surface area contributed by atoms with Crippen LogP contribution in [-0.2, 0) is 0 Å². The zero-order valence-electron chi connectivity index (χ0n) is 11.9. The summed E-state index contributed by atoms with van der Waals surface area (Å²) in [4.78, 5) is 17.4. The van der Waals surface area contributed by atoms with Gasteiger partial charge in [0.15, 0.2) is 0 Å². The summed E-state index contributed by atoms with van der Waals surface area (Å²) in [6.07, 6.45) is -0.983. The maximum Gasteiger partial charge on any atom is 0.401 e. The average molecular weight is 315 g/mol. The second-order valence-corrected chi connectivity index (χ2v) is 4.72. The summed E-state index contributed by atoms with van der Waals surface area (Å²) in [6.45, 7) is -0.870. The second-order valence-electron chi connectivity index (χ2n) is 4.72. The molecular weight excluding hydrogens is 299 g/mol. The fourth-order valence-corrected chi connectivity index (χ4v) is 1.81. The smallest absolute Gasteiger partial charge is 0.326 e. The van der Waals surface area contributed by atoms with E-state index in [9.17, 15) is 18.0 Å². The van der Waals surface area contributed by atoms with E-state index < -0.39 is 18.8 Å². The standard InChI is InChI=1S/C13H16F3N5O/c1-20(7-5-17-9-13(14,15)16)12(22)19-11-8-18-10-4-2-3-6-21(10)11/h2-4,6,8,17H,5,7,9H2,1H3,(H,19,22). The summed E-state index contributed by atoms with van der Waals surface area (Å²) < 4.78 is 37.6. The van der Waals surface area contributed by atoms with Crippen LogP contribution in [0.25, 0.3) is 5.65 Å². The normalized spacial score (nSPS) is 11.6. The topological polar surface area (TPSA) is 61.7 Å². The maximum atomic E-state index is 12.0. The summed E-state index contributed by atoms with van der Waals surface area (Å²) >= 11 is 0. The number of hydrogen-bond acceptors (Lipinski definition) is 3. The van der Waals surface area contributed by atoms with Crippen molar-refractivity contribution >= 4 is 17.5 Å². The molecule has 9 heteroatoms. The van der Waals surface area contributed by atoms with E-state index in [-0.39, 0.29) is 13.1 Å². The Morgan fingerprint density at radius 3 is 2.91 bits per heavy atom. The van der Waals surface area contributed by atoms with Crippen molar-refractivity contribution in [2.24, 2.45) is 0 Å². The van der Waals surface area contributed by atoms with Gasteiger partial charge in [0.2, 0.25) is 0 Å². The van der Waals surface area contributed by atoms with Crippen LogP contribution in [0.2, 0.25) is 0 Å². The second kappa shape index (κ2) is 6.65. The van der Waals surface area contributed by atoms with Crippen molar-refractivity contribution in [3.63, 3.8) is 0 Å². The highest BCUT2D eigenvalue weighted by atomic mass is 19.4. The Bertz CT molecular complexity index is 640. The van der Waals surface area contributed by atoms with Crippen LogP contribution in [0.1, 0.15) is 0 Å². The van der Waals surface area contributed by atoms with Crippen molar-refractivity contribution in [2.75, 3.05) is 32.0 Å². The molecule has 0 fully saturated rings. The molecule has 0 saturated carbocycles. The number of pyridine rings is 1. The van der Waals surface area contributed by atoms with Gasteiger partial charge < -0.3 is 10.2 Å². The number of aromatic nitrogens is 2. The number of halogens is 3. The number of carbonyl (C=O) groups is 1. The van der Waals surface area contributed by atoms with Gasteiger partial charge in [0, 0.05) is 26.3 Å². The third kappa shape index (κ3) is 4.35. The molecule has 2 aromatic rings. The minimum atomic E-state index is -4.25. The van der Waals surface area contributed by atoms with Gasteiger partial charge in [-0.25, -0.2) is 9.78 Å². The number of likely N-dealkylation sites (N-methyl/N-ethyl adjacent to an activating group) is 1. The first-order valence-electron chi connectivity index (χ1n) is 6.58. The first kappa shape index (κ1) is 16.1. The fourth-order valence-electron chi connectivity index (χ4n) is 1.81. The van der Waals surface area contributed by atoms with E-state index in [0.717, 1.165) is 0 Å². The van der Waals surface area contributed by atoms with E-state index in [4.69, 9.17) is 0 Å². The Labute approximate surface area is 124 Å². The van der Waals surface area contributed by atoms with Crippen LogP contribution < -0.4 is 10.6 Å². The third-order valence-corrected chi connectivity index (χ3v) is 2.95. The van der Waals surface area contributed by atoms with Crippen molar-refractivity contribution in [1.29, 1.82) is 0 Å². The molecule has 0 unspecified atom stereocenters. The lowest BCUT2D eigenvalue weighted by atomic mass is 10.5.